The summed E-state index contributed by atoms with van der Waals surface area (Å²) in [6.07, 6.45) is 1.07. The highest BCUT2D eigenvalue weighted by atomic mass is 32.2. The van der Waals surface area contributed by atoms with Crippen molar-refractivity contribution in [3.8, 4) is 0 Å². The minimum absolute atomic E-state index is 0.183. The number of benzene rings is 1. The Labute approximate surface area is 123 Å². The molecule has 1 aliphatic carbocycles. The molecule has 0 heterocycles. The normalized spacial score (nSPS) is 26.8. The van der Waals surface area contributed by atoms with E-state index in [9.17, 15) is 4.79 Å². The molecule has 4 atom stereocenters. The van der Waals surface area contributed by atoms with Crippen molar-refractivity contribution in [1.29, 1.82) is 0 Å². The molecule has 20 heavy (non-hydrogen) atoms. The number of nitrogens with one attached hydrogen (secondary N) is 1. The van der Waals surface area contributed by atoms with E-state index in [4.69, 9.17) is 9.84 Å². The van der Waals surface area contributed by atoms with E-state index in [0.29, 0.717) is 6.61 Å². The van der Waals surface area contributed by atoms with Crippen molar-refractivity contribution in [3.63, 3.8) is 0 Å². The number of thioether (sulfide) groups is 1. The molecule has 2 rings (SSSR count). The molecule has 0 aliphatic heterocycles. The summed E-state index contributed by atoms with van der Waals surface area (Å²) in [5.74, 6) is -0.812. The molecule has 0 aromatic heterocycles. The molecule has 1 saturated carbocycles. The standard InChI is InChI=1S/C15H21NO3S/c1-3-19-13-9-12(16-10(2)15(17)18)14(13)20-11-7-5-4-6-8-11/h4-8,10,12-14,16H,3,9H2,1-2H3,(H,17,18)/t10?,12?,13-,14-/m1/s1. The van der Waals surface area contributed by atoms with Crippen LogP contribution in [0.4, 0.5) is 0 Å². The largest absolute Gasteiger partial charge is 0.480 e. The van der Waals surface area contributed by atoms with Gasteiger partial charge in [-0.05, 0) is 32.4 Å². The predicted octanol–water partition coefficient (Wildman–Crippen LogP) is 2.39. The van der Waals surface area contributed by atoms with E-state index in [1.807, 2.05) is 25.1 Å². The van der Waals surface area contributed by atoms with Gasteiger partial charge in [0, 0.05) is 17.5 Å². The highest BCUT2D eigenvalue weighted by Gasteiger charge is 2.43. The summed E-state index contributed by atoms with van der Waals surface area (Å²) < 4.78 is 5.73. The Kier molecular flexibility index (Phi) is 5.46. The maximum absolute atomic E-state index is 10.9. The van der Waals surface area contributed by atoms with Crippen molar-refractivity contribution in [2.24, 2.45) is 0 Å². The van der Waals surface area contributed by atoms with Crippen LogP contribution in [0.25, 0.3) is 0 Å². The van der Waals surface area contributed by atoms with Gasteiger partial charge in [0.25, 0.3) is 0 Å². The second kappa shape index (κ2) is 7.11. The first-order chi connectivity index (χ1) is 9.61. The van der Waals surface area contributed by atoms with Crippen LogP contribution in [0.1, 0.15) is 20.3 Å². The van der Waals surface area contributed by atoms with E-state index < -0.39 is 12.0 Å². The van der Waals surface area contributed by atoms with Gasteiger partial charge in [0.05, 0.1) is 11.4 Å². The first kappa shape index (κ1) is 15.4. The van der Waals surface area contributed by atoms with Crippen molar-refractivity contribution in [1.82, 2.24) is 5.32 Å². The maximum Gasteiger partial charge on any atom is 0.320 e. The average molecular weight is 295 g/mol. The van der Waals surface area contributed by atoms with Gasteiger partial charge in [0.1, 0.15) is 6.04 Å². The van der Waals surface area contributed by atoms with Crippen molar-refractivity contribution < 1.29 is 14.6 Å². The van der Waals surface area contributed by atoms with Gasteiger partial charge in [-0.15, -0.1) is 11.8 Å². The highest BCUT2D eigenvalue weighted by Crippen LogP contribution is 2.39. The summed E-state index contributed by atoms with van der Waals surface area (Å²) in [6.45, 7) is 4.36. The van der Waals surface area contributed by atoms with Crippen LogP contribution in [0.2, 0.25) is 0 Å². The van der Waals surface area contributed by atoms with Gasteiger partial charge in [-0.1, -0.05) is 18.2 Å². The monoisotopic (exact) mass is 295 g/mol. The second-order valence-electron chi connectivity index (χ2n) is 4.96. The lowest BCUT2D eigenvalue weighted by Gasteiger charge is -2.45. The van der Waals surface area contributed by atoms with Gasteiger partial charge < -0.3 is 15.2 Å². The summed E-state index contributed by atoms with van der Waals surface area (Å²) in [5.41, 5.74) is 0. The van der Waals surface area contributed by atoms with Crippen LogP contribution in [-0.4, -0.2) is 41.1 Å². The van der Waals surface area contributed by atoms with Crippen molar-refractivity contribution in [3.05, 3.63) is 30.3 Å². The number of aliphatic carboxylic acids is 1. The Morgan fingerprint density at radius 2 is 2.20 bits per heavy atom. The third kappa shape index (κ3) is 3.75. The molecule has 1 aliphatic rings. The summed E-state index contributed by atoms with van der Waals surface area (Å²) in [6, 6.07) is 9.82. The summed E-state index contributed by atoms with van der Waals surface area (Å²) >= 11 is 1.76. The van der Waals surface area contributed by atoms with E-state index in [-0.39, 0.29) is 17.4 Å². The lowest BCUT2D eigenvalue weighted by molar-refractivity contribution is -0.139. The number of hydrogen-bond donors (Lipinski definition) is 2. The van der Waals surface area contributed by atoms with Crippen LogP contribution in [-0.2, 0) is 9.53 Å². The number of ether oxygens (including phenoxy) is 1. The van der Waals surface area contributed by atoms with Crippen LogP contribution < -0.4 is 5.32 Å². The lowest BCUT2D eigenvalue weighted by atomic mass is 9.87. The SMILES string of the molecule is CCO[C@@H]1CC(NC(C)C(=O)O)[C@H]1Sc1ccccc1. The Bertz CT molecular complexity index is 440. The van der Waals surface area contributed by atoms with E-state index in [2.05, 4.69) is 17.4 Å². The van der Waals surface area contributed by atoms with Crippen LogP contribution >= 0.6 is 11.8 Å². The lowest BCUT2D eigenvalue weighted by Crippen LogP contribution is -2.60. The molecule has 5 heteroatoms. The summed E-state index contributed by atoms with van der Waals surface area (Å²) in [5, 5.41) is 12.4. The first-order valence-corrected chi connectivity index (χ1v) is 7.82. The van der Waals surface area contributed by atoms with Crippen molar-refractivity contribution >= 4 is 17.7 Å². The zero-order valence-corrected chi connectivity index (χ0v) is 12.6. The number of rotatable bonds is 7. The highest BCUT2D eigenvalue weighted by molar-refractivity contribution is 8.00. The smallest absolute Gasteiger partial charge is 0.320 e. The second-order valence-corrected chi connectivity index (χ2v) is 6.21. The maximum atomic E-state index is 10.9. The molecule has 110 valence electrons. The number of carbonyl (C=O) groups is 1. The molecule has 1 fully saturated rings. The number of carboxylic acid groups (broad SMARTS) is 1. The van der Waals surface area contributed by atoms with Gasteiger partial charge in [-0.3, -0.25) is 4.79 Å². The Balaban J connectivity index is 1.97. The minimum Gasteiger partial charge on any atom is -0.480 e. The zero-order chi connectivity index (χ0) is 14.5. The van der Waals surface area contributed by atoms with Gasteiger partial charge in [-0.25, -0.2) is 0 Å². The van der Waals surface area contributed by atoms with Crippen molar-refractivity contribution in [2.45, 2.75) is 48.6 Å². The molecule has 0 radical (unpaired) electrons. The van der Waals surface area contributed by atoms with E-state index in [1.165, 1.54) is 4.90 Å². The minimum atomic E-state index is -0.812. The molecule has 4 nitrogen and oxygen atoms in total. The Hall–Kier alpha value is -1.04. The predicted molar refractivity (Wildman–Crippen MR) is 80.1 cm³/mol. The van der Waals surface area contributed by atoms with Crippen LogP contribution in [0.3, 0.4) is 0 Å². The Morgan fingerprint density at radius 1 is 1.50 bits per heavy atom. The molecule has 0 saturated heterocycles. The zero-order valence-electron chi connectivity index (χ0n) is 11.8. The molecule has 1 aromatic rings. The van der Waals surface area contributed by atoms with Crippen LogP contribution in [0.15, 0.2) is 35.2 Å². The van der Waals surface area contributed by atoms with Gasteiger partial charge in [0.15, 0.2) is 0 Å². The third-order valence-corrected chi connectivity index (χ3v) is 4.93. The molecular formula is C15H21NO3S. The summed E-state index contributed by atoms with van der Waals surface area (Å²) in [4.78, 5) is 12.1. The quantitative estimate of drug-likeness (QED) is 0.809. The molecule has 1 aromatic carbocycles. The van der Waals surface area contributed by atoms with Gasteiger partial charge >= 0.3 is 5.97 Å². The fourth-order valence-corrected chi connectivity index (χ4v) is 3.65. The molecule has 0 spiro atoms. The van der Waals surface area contributed by atoms with Gasteiger partial charge in [0.2, 0.25) is 0 Å². The van der Waals surface area contributed by atoms with Crippen molar-refractivity contribution in [2.75, 3.05) is 6.61 Å². The molecule has 2 N–H and O–H groups in total. The van der Waals surface area contributed by atoms with E-state index in [1.54, 1.807) is 18.7 Å². The third-order valence-electron chi connectivity index (χ3n) is 3.48. The Morgan fingerprint density at radius 3 is 2.80 bits per heavy atom. The molecular weight excluding hydrogens is 274 g/mol. The topological polar surface area (TPSA) is 58.6 Å². The fourth-order valence-electron chi connectivity index (χ4n) is 2.33. The van der Waals surface area contributed by atoms with Gasteiger partial charge in [-0.2, -0.15) is 0 Å². The molecule has 0 amide bonds. The van der Waals surface area contributed by atoms with E-state index >= 15 is 0 Å². The number of carboxylic acids is 1. The number of hydrogen-bond acceptors (Lipinski definition) is 4. The molecule has 0 bridgehead atoms. The first-order valence-electron chi connectivity index (χ1n) is 6.94. The fraction of sp³-hybridized carbons (Fsp3) is 0.533. The van der Waals surface area contributed by atoms with Crippen LogP contribution in [0, 0.1) is 0 Å². The summed E-state index contributed by atoms with van der Waals surface area (Å²) in [7, 11) is 0. The average Bonchev–Trinajstić information content (AvgIpc) is 2.44. The van der Waals surface area contributed by atoms with E-state index in [0.717, 1.165) is 6.42 Å². The molecule has 2 unspecified atom stereocenters. The van der Waals surface area contributed by atoms with Crippen LogP contribution in [0.5, 0.6) is 0 Å².